The molecular formula is C12H18BrN3O2S. The van der Waals surface area contributed by atoms with Gasteiger partial charge in [0.05, 0.1) is 5.69 Å². The molecule has 0 spiro atoms. The molecule has 1 fully saturated rings. The summed E-state index contributed by atoms with van der Waals surface area (Å²) in [4.78, 5) is 0. The fraction of sp³-hybridized carbons (Fsp3) is 0.500. The van der Waals surface area contributed by atoms with Crippen LogP contribution in [0.4, 0.5) is 11.4 Å². The van der Waals surface area contributed by atoms with Crippen LogP contribution in [0.25, 0.3) is 0 Å². The molecular weight excluding hydrogens is 330 g/mol. The Hall–Kier alpha value is -0.790. The molecule has 1 aliphatic rings. The highest BCUT2D eigenvalue weighted by atomic mass is 79.9. The third-order valence-electron chi connectivity index (χ3n) is 3.15. The Bertz CT molecular complexity index is 540. The molecule has 0 aliphatic carbocycles. The minimum Gasteiger partial charge on any atom is -0.398 e. The number of hydrogen-bond donors (Lipinski definition) is 2. The van der Waals surface area contributed by atoms with Gasteiger partial charge >= 0.3 is 10.2 Å². The van der Waals surface area contributed by atoms with E-state index in [9.17, 15) is 8.42 Å². The van der Waals surface area contributed by atoms with Gasteiger partial charge in [0.1, 0.15) is 0 Å². The average molecular weight is 348 g/mol. The number of nitrogen functional groups attached to an aromatic ring is 1. The summed E-state index contributed by atoms with van der Waals surface area (Å²) in [7, 11) is -3.47. The maximum atomic E-state index is 12.3. The van der Waals surface area contributed by atoms with E-state index in [-0.39, 0.29) is 0 Å². The van der Waals surface area contributed by atoms with Crippen LogP contribution in [0, 0.1) is 0 Å². The Balaban J connectivity index is 2.13. The predicted molar refractivity (Wildman–Crippen MR) is 81.1 cm³/mol. The summed E-state index contributed by atoms with van der Waals surface area (Å²) in [5.74, 6) is 0. The zero-order chi connectivity index (χ0) is 13.9. The summed E-state index contributed by atoms with van der Waals surface area (Å²) in [5.41, 5.74) is 6.78. The fourth-order valence-corrected chi connectivity index (χ4v) is 3.76. The quantitative estimate of drug-likeness (QED) is 0.825. The van der Waals surface area contributed by atoms with Gasteiger partial charge in [0.25, 0.3) is 0 Å². The average Bonchev–Trinajstić information content (AvgIpc) is 2.63. The van der Waals surface area contributed by atoms with Crippen molar-refractivity contribution in [2.45, 2.75) is 25.7 Å². The Morgan fingerprint density at radius 3 is 2.37 bits per heavy atom. The lowest BCUT2D eigenvalue weighted by Gasteiger charge is -2.20. The van der Waals surface area contributed by atoms with Crippen LogP contribution >= 0.6 is 15.9 Å². The van der Waals surface area contributed by atoms with Gasteiger partial charge in [0.15, 0.2) is 0 Å². The molecule has 0 amide bonds. The highest BCUT2D eigenvalue weighted by Crippen LogP contribution is 2.24. The normalized spacial score (nSPS) is 17.9. The van der Waals surface area contributed by atoms with Crippen molar-refractivity contribution in [2.24, 2.45) is 0 Å². The van der Waals surface area contributed by atoms with E-state index in [1.807, 2.05) is 0 Å². The number of benzene rings is 1. The fourth-order valence-electron chi connectivity index (χ4n) is 2.09. The van der Waals surface area contributed by atoms with Gasteiger partial charge < -0.3 is 5.73 Å². The Morgan fingerprint density at radius 1 is 1.16 bits per heavy atom. The van der Waals surface area contributed by atoms with E-state index in [1.165, 1.54) is 4.31 Å². The highest BCUT2D eigenvalue weighted by Gasteiger charge is 2.22. The smallest absolute Gasteiger partial charge is 0.301 e. The standard InChI is InChI=1S/C12H18BrN3O2S/c13-11-9-10(5-6-12(11)14)15-19(17,18)16-7-3-1-2-4-8-16/h5-6,9,15H,1-4,7-8,14H2. The molecule has 0 radical (unpaired) electrons. The number of hydrogen-bond acceptors (Lipinski definition) is 3. The van der Waals surface area contributed by atoms with Crippen LogP contribution in [0.5, 0.6) is 0 Å². The third kappa shape index (κ3) is 3.84. The van der Waals surface area contributed by atoms with Crippen molar-refractivity contribution in [1.82, 2.24) is 4.31 Å². The van der Waals surface area contributed by atoms with Gasteiger partial charge in [-0.1, -0.05) is 12.8 Å². The van der Waals surface area contributed by atoms with Gasteiger partial charge in [-0.25, -0.2) is 0 Å². The van der Waals surface area contributed by atoms with Crippen molar-refractivity contribution in [3.8, 4) is 0 Å². The van der Waals surface area contributed by atoms with Crippen LogP contribution in [0.1, 0.15) is 25.7 Å². The molecule has 1 aromatic carbocycles. The number of anilines is 2. The number of rotatable bonds is 3. The van der Waals surface area contributed by atoms with E-state index < -0.39 is 10.2 Å². The Morgan fingerprint density at radius 2 is 1.79 bits per heavy atom. The van der Waals surface area contributed by atoms with Gasteiger partial charge in [-0.3, -0.25) is 4.72 Å². The van der Waals surface area contributed by atoms with E-state index in [0.717, 1.165) is 25.7 Å². The lowest BCUT2D eigenvalue weighted by molar-refractivity contribution is 0.427. The summed E-state index contributed by atoms with van der Waals surface area (Å²) in [5, 5.41) is 0. The van der Waals surface area contributed by atoms with Crippen LogP contribution in [0.15, 0.2) is 22.7 Å². The first-order chi connectivity index (χ1) is 8.99. The molecule has 0 atom stereocenters. The minimum absolute atomic E-state index is 0.519. The molecule has 0 saturated carbocycles. The zero-order valence-corrected chi connectivity index (χ0v) is 13.0. The van der Waals surface area contributed by atoms with Crippen LogP contribution < -0.4 is 10.5 Å². The van der Waals surface area contributed by atoms with Crippen LogP contribution in [0.3, 0.4) is 0 Å². The first-order valence-electron chi connectivity index (χ1n) is 6.32. The van der Waals surface area contributed by atoms with Crippen molar-refractivity contribution < 1.29 is 8.42 Å². The van der Waals surface area contributed by atoms with Crippen molar-refractivity contribution >= 4 is 37.5 Å². The molecule has 3 N–H and O–H groups in total. The SMILES string of the molecule is Nc1ccc(NS(=O)(=O)N2CCCCCC2)cc1Br. The summed E-state index contributed by atoms with van der Waals surface area (Å²) >= 11 is 3.29. The summed E-state index contributed by atoms with van der Waals surface area (Å²) in [6.45, 7) is 1.18. The predicted octanol–water partition coefficient (Wildman–Crippen LogP) is 2.56. The van der Waals surface area contributed by atoms with Crippen LogP contribution in [-0.2, 0) is 10.2 Å². The van der Waals surface area contributed by atoms with Crippen LogP contribution in [0.2, 0.25) is 0 Å². The second-order valence-electron chi connectivity index (χ2n) is 4.66. The molecule has 0 bridgehead atoms. The van der Waals surface area contributed by atoms with Crippen molar-refractivity contribution in [2.75, 3.05) is 23.5 Å². The van der Waals surface area contributed by atoms with Crippen molar-refractivity contribution in [1.29, 1.82) is 0 Å². The molecule has 1 heterocycles. The molecule has 1 aromatic rings. The van der Waals surface area contributed by atoms with Gasteiger partial charge in [0, 0.05) is 23.2 Å². The van der Waals surface area contributed by atoms with E-state index in [0.29, 0.717) is 28.9 Å². The molecule has 7 heteroatoms. The second kappa shape index (κ2) is 6.11. The molecule has 5 nitrogen and oxygen atoms in total. The van der Waals surface area contributed by atoms with Crippen molar-refractivity contribution in [3.05, 3.63) is 22.7 Å². The molecule has 106 valence electrons. The lowest BCUT2D eigenvalue weighted by Crippen LogP contribution is -2.36. The number of nitrogens with zero attached hydrogens (tertiary/aromatic N) is 1. The van der Waals surface area contributed by atoms with Gasteiger partial charge in [0.2, 0.25) is 0 Å². The maximum absolute atomic E-state index is 12.3. The van der Waals surface area contributed by atoms with Gasteiger partial charge in [-0.2, -0.15) is 12.7 Å². The molecule has 1 saturated heterocycles. The highest BCUT2D eigenvalue weighted by molar-refractivity contribution is 9.10. The van der Waals surface area contributed by atoms with Gasteiger partial charge in [-0.05, 0) is 47.0 Å². The Labute approximate surface area is 122 Å². The topological polar surface area (TPSA) is 75.4 Å². The molecule has 0 unspecified atom stereocenters. The lowest BCUT2D eigenvalue weighted by atomic mass is 10.2. The largest absolute Gasteiger partial charge is 0.398 e. The number of nitrogens with two attached hydrogens (primary N) is 1. The van der Waals surface area contributed by atoms with Crippen LogP contribution in [-0.4, -0.2) is 25.8 Å². The van der Waals surface area contributed by atoms with E-state index in [4.69, 9.17) is 5.73 Å². The minimum atomic E-state index is -3.47. The number of nitrogens with one attached hydrogen (secondary N) is 1. The van der Waals surface area contributed by atoms with Gasteiger partial charge in [-0.15, -0.1) is 0 Å². The molecule has 1 aliphatic heterocycles. The Kier molecular flexibility index (Phi) is 4.70. The summed E-state index contributed by atoms with van der Waals surface area (Å²) in [6, 6.07) is 5.00. The monoisotopic (exact) mass is 347 g/mol. The van der Waals surface area contributed by atoms with E-state index in [1.54, 1.807) is 18.2 Å². The molecule has 2 rings (SSSR count). The van der Waals surface area contributed by atoms with E-state index >= 15 is 0 Å². The molecule has 0 aromatic heterocycles. The zero-order valence-electron chi connectivity index (χ0n) is 10.6. The number of halogens is 1. The second-order valence-corrected chi connectivity index (χ2v) is 7.18. The summed E-state index contributed by atoms with van der Waals surface area (Å²) < 4.78 is 29.3. The van der Waals surface area contributed by atoms with Crippen molar-refractivity contribution in [3.63, 3.8) is 0 Å². The first kappa shape index (κ1) is 14.6. The summed E-state index contributed by atoms with van der Waals surface area (Å²) in [6.07, 6.45) is 4.04. The molecule has 19 heavy (non-hydrogen) atoms. The maximum Gasteiger partial charge on any atom is 0.301 e. The van der Waals surface area contributed by atoms with E-state index in [2.05, 4.69) is 20.7 Å². The first-order valence-corrected chi connectivity index (χ1v) is 8.55. The third-order valence-corrected chi connectivity index (χ3v) is 5.38.